The Morgan fingerprint density at radius 1 is 1.22 bits per heavy atom. The molecule has 0 fully saturated rings. The van der Waals surface area contributed by atoms with Crippen LogP contribution in [0.3, 0.4) is 0 Å². The van der Waals surface area contributed by atoms with Crippen LogP contribution >= 0.6 is 0 Å². The maximum absolute atomic E-state index is 14.1. The van der Waals surface area contributed by atoms with E-state index in [1.807, 2.05) is 27.5 Å². The van der Waals surface area contributed by atoms with Crippen LogP contribution in [0.2, 0.25) is 0 Å². The Labute approximate surface area is 185 Å². The smallest absolute Gasteiger partial charge is 0.264 e. The van der Waals surface area contributed by atoms with E-state index in [2.05, 4.69) is 5.10 Å². The van der Waals surface area contributed by atoms with Crippen LogP contribution in [0.15, 0.2) is 24.5 Å². The predicted octanol–water partition coefficient (Wildman–Crippen LogP) is 3.84. The third-order valence-electron chi connectivity index (χ3n) is 6.51. The van der Waals surface area contributed by atoms with E-state index in [9.17, 15) is 13.6 Å². The molecule has 0 aliphatic carbocycles. The van der Waals surface area contributed by atoms with Gasteiger partial charge in [0, 0.05) is 74.3 Å². The summed E-state index contributed by atoms with van der Waals surface area (Å²) in [6.07, 6.45) is 2.27. The van der Waals surface area contributed by atoms with Crippen LogP contribution in [-0.4, -0.2) is 43.5 Å². The second-order valence-electron chi connectivity index (χ2n) is 8.43. The number of rotatable bonds is 4. The summed E-state index contributed by atoms with van der Waals surface area (Å²) in [7, 11) is 1.78. The van der Waals surface area contributed by atoms with Gasteiger partial charge in [-0.2, -0.15) is 10.2 Å². The highest BCUT2D eigenvalue weighted by Crippen LogP contribution is 2.43. The van der Waals surface area contributed by atoms with Gasteiger partial charge in [0.15, 0.2) is 5.82 Å². The molecule has 0 saturated heterocycles. The SMILES string of the molecule is CCn1nc(N2CCc3cc(-c4cnn(C)c4)c(C(F)F)cc32)c2c1CCN(C(C)=O)C2. The molecule has 32 heavy (non-hydrogen) atoms. The fourth-order valence-electron chi connectivity index (χ4n) is 4.88. The zero-order valence-corrected chi connectivity index (χ0v) is 18.5. The average molecular weight is 440 g/mol. The third-order valence-corrected chi connectivity index (χ3v) is 6.51. The number of alkyl halides is 2. The molecule has 0 saturated carbocycles. The summed E-state index contributed by atoms with van der Waals surface area (Å²) in [5.74, 6) is 0.815. The van der Waals surface area contributed by atoms with Crippen LogP contribution < -0.4 is 4.90 Å². The van der Waals surface area contributed by atoms with Crippen molar-refractivity contribution in [2.24, 2.45) is 7.05 Å². The summed E-state index contributed by atoms with van der Waals surface area (Å²) in [4.78, 5) is 15.9. The molecule has 2 aromatic heterocycles. The van der Waals surface area contributed by atoms with E-state index >= 15 is 0 Å². The van der Waals surface area contributed by atoms with Crippen molar-refractivity contribution < 1.29 is 13.6 Å². The van der Waals surface area contributed by atoms with E-state index in [1.165, 1.54) is 0 Å². The van der Waals surface area contributed by atoms with Gasteiger partial charge in [-0.3, -0.25) is 14.2 Å². The van der Waals surface area contributed by atoms with Crippen molar-refractivity contribution in [3.05, 3.63) is 46.9 Å². The summed E-state index contributed by atoms with van der Waals surface area (Å²) < 4.78 is 31.8. The number of carbonyl (C=O) groups excluding carboxylic acids is 1. The van der Waals surface area contributed by atoms with Gasteiger partial charge in [-0.15, -0.1) is 0 Å². The maximum Gasteiger partial charge on any atom is 0.264 e. The van der Waals surface area contributed by atoms with Crippen molar-refractivity contribution in [2.45, 2.75) is 46.2 Å². The average Bonchev–Trinajstić information content (AvgIpc) is 3.48. The monoisotopic (exact) mass is 440 g/mol. The fraction of sp³-hybridized carbons (Fsp3) is 0.435. The van der Waals surface area contributed by atoms with E-state index in [0.29, 0.717) is 30.8 Å². The standard InChI is InChI=1S/C23H26F2N6O/c1-4-31-20-6-7-29(14(2)32)13-19(20)23(27-31)30-8-5-15-9-17(16-11-26-28(3)12-16)18(22(24)25)10-21(15)30/h9-12,22H,4-8,13H2,1-3H3. The minimum Gasteiger partial charge on any atom is -0.338 e. The number of halogens is 2. The van der Waals surface area contributed by atoms with Gasteiger partial charge in [0.05, 0.1) is 12.7 Å². The Bertz CT molecular complexity index is 1200. The number of anilines is 2. The van der Waals surface area contributed by atoms with Gasteiger partial charge in [-0.05, 0) is 36.6 Å². The van der Waals surface area contributed by atoms with Gasteiger partial charge in [0.25, 0.3) is 6.43 Å². The van der Waals surface area contributed by atoms with Gasteiger partial charge < -0.3 is 9.80 Å². The number of nitrogens with zero attached hydrogens (tertiary/aromatic N) is 6. The first-order valence-electron chi connectivity index (χ1n) is 10.9. The van der Waals surface area contributed by atoms with Crippen LogP contribution in [0.25, 0.3) is 11.1 Å². The van der Waals surface area contributed by atoms with E-state index < -0.39 is 6.43 Å². The second-order valence-corrected chi connectivity index (χ2v) is 8.43. The summed E-state index contributed by atoms with van der Waals surface area (Å²) >= 11 is 0. The molecule has 2 aliphatic heterocycles. The van der Waals surface area contributed by atoms with Crippen molar-refractivity contribution in [1.82, 2.24) is 24.5 Å². The molecule has 1 amide bonds. The van der Waals surface area contributed by atoms with Gasteiger partial charge in [0.1, 0.15) is 0 Å². The molecule has 0 N–H and O–H groups in total. The van der Waals surface area contributed by atoms with E-state index in [1.54, 1.807) is 37.1 Å². The lowest BCUT2D eigenvalue weighted by atomic mass is 9.98. The molecule has 9 heteroatoms. The molecule has 2 aliphatic rings. The molecule has 0 bridgehead atoms. The van der Waals surface area contributed by atoms with E-state index in [0.717, 1.165) is 47.7 Å². The largest absolute Gasteiger partial charge is 0.338 e. The minimum absolute atomic E-state index is 0.00203. The highest BCUT2D eigenvalue weighted by atomic mass is 19.3. The first-order chi connectivity index (χ1) is 15.4. The van der Waals surface area contributed by atoms with Gasteiger partial charge in [-0.1, -0.05) is 0 Å². The molecular weight excluding hydrogens is 414 g/mol. The van der Waals surface area contributed by atoms with Crippen LogP contribution in [0.1, 0.15) is 42.7 Å². The van der Waals surface area contributed by atoms with Crippen molar-refractivity contribution in [2.75, 3.05) is 18.0 Å². The molecule has 0 spiro atoms. The summed E-state index contributed by atoms with van der Waals surface area (Å²) in [6, 6.07) is 3.48. The van der Waals surface area contributed by atoms with Gasteiger partial charge in [0.2, 0.25) is 5.91 Å². The number of amides is 1. The number of carbonyl (C=O) groups is 1. The maximum atomic E-state index is 14.1. The Balaban J connectivity index is 1.60. The molecule has 0 atom stereocenters. The molecule has 168 valence electrons. The van der Waals surface area contributed by atoms with Crippen molar-refractivity contribution in [3.8, 4) is 11.1 Å². The first kappa shape index (κ1) is 20.7. The van der Waals surface area contributed by atoms with Crippen LogP contribution in [0, 0.1) is 0 Å². The van der Waals surface area contributed by atoms with Gasteiger partial charge >= 0.3 is 0 Å². The Morgan fingerprint density at radius 3 is 2.69 bits per heavy atom. The Kier molecular flexibility index (Phi) is 4.98. The number of benzene rings is 1. The molecule has 7 nitrogen and oxygen atoms in total. The highest BCUT2D eigenvalue weighted by molar-refractivity contribution is 5.79. The quantitative estimate of drug-likeness (QED) is 0.619. The third kappa shape index (κ3) is 3.27. The van der Waals surface area contributed by atoms with Crippen LogP contribution in [0.4, 0.5) is 20.3 Å². The predicted molar refractivity (Wildman–Crippen MR) is 117 cm³/mol. The lowest BCUT2D eigenvalue weighted by Gasteiger charge is -2.28. The number of hydrogen-bond donors (Lipinski definition) is 0. The lowest BCUT2D eigenvalue weighted by Crippen LogP contribution is -2.35. The zero-order valence-electron chi connectivity index (χ0n) is 18.5. The molecule has 0 unspecified atom stereocenters. The number of aromatic nitrogens is 4. The molecule has 0 radical (unpaired) electrons. The number of fused-ring (bicyclic) bond motifs is 2. The molecule has 1 aromatic carbocycles. The summed E-state index contributed by atoms with van der Waals surface area (Å²) in [6.45, 7) is 6.19. The fourth-order valence-corrected chi connectivity index (χ4v) is 4.88. The highest BCUT2D eigenvalue weighted by Gasteiger charge is 2.33. The van der Waals surface area contributed by atoms with Crippen molar-refractivity contribution in [3.63, 3.8) is 0 Å². The van der Waals surface area contributed by atoms with E-state index in [-0.39, 0.29) is 11.5 Å². The van der Waals surface area contributed by atoms with Crippen LogP contribution in [-0.2, 0) is 37.8 Å². The van der Waals surface area contributed by atoms with Crippen LogP contribution in [0.5, 0.6) is 0 Å². The first-order valence-corrected chi connectivity index (χ1v) is 10.9. The second kappa shape index (κ2) is 7.72. The molecule has 3 aromatic rings. The normalized spacial score (nSPS) is 15.4. The Morgan fingerprint density at radius 2 is 2.03 bits per heavy atom. The lowest BCUT2D eigenvalue weighted by molar-refractivity contribution is -0.129. The molecule has 5 rings (SSSR count). The van der Waals surface area contributed by atoms with E-state index in [4.69, 9.17) is 5.10 Å². The van der Waals surface area contributed by atoms with Crippen molar-refractivity contribution in [1.29, 1.82) is 0 Å². The summed E-state index contributed by atoms with van der Waals surface area (Å²) in [5, 5.41) is 8.99. The topological polar surface area (TPSA) is 59.2 Å². The number of aryl methyl sites for hydroxylation is 2. The zero-order chi connectivity index (χ0) is 22.6. The molecule has 4 heterocycles. The van der Waals surface area contributed by atoms with Gasteiger partial charge in [-0.25, -0.2) is 8.78 Å². The molecular formula is C23H26F2N6O. The Hall–Kier alpha value is -3.23. The van der Waals surface area contributed by atoms with Crippen molar-refractivity contribution >= 4 is 17.4 Å². The minimum atomic E-state index is -2.60. The summed E-state index contributed by atoms with van der Waals surface area (Å²) in [5.41, 5.74) is 5.17. The number of hydrogen-bond acceptors (Lipinski definition) is 4.